The van der Waals surface area contributed by atoms with E-state index in [0.717, 1.165) is 47.5 Å². The lowest BCUT2D eigenvalue weighted by atomic mass is 10.0. The van der Waals surface area contributed by atoms with Crippen LogP contribution in [0.1, 0.15) is 55.4 Å². The zero-order valence-corrected chi connectivity index (χ0v) is 24.6. The highest BCUT2D eigenvalue weighted by Crippen LogP contribution is 2.23. The number of ether oxygens (including phenoxy) is 1. The Morgan fingerprint density at radius 3 is 2.52 bits per heavy atom. The molecule has 9 heteroatoms. The van der Waals surface area contributed by atoms with Gasteiger partial charge in [0.15, 0.2) is 0 Å². The molecule has 218 valence electrons. The van der Waals surface area contributed by atoms with E-state index in [1.165, 1.54) is 0 Å². The summed E-state index contributed by atoms with van der Waals surface area (Å²) >= 11 is 0. The van der Waals surface area contributed by atoms with Crippen LogP contribution in [0, 0.1) is 6.92 Å². The van der Waals surface area contributed by atoms with Crippen molar-refractivity contribution in [1.82, 2.24) is 24.8 Å². The molecule has 3 heterocycles. The average Bonchev–Trinajstić information content (AvgIpc) is 3.39. The maximum atomic E-state index is 13.2. The van der Waals surface area contributed by atoms with Crippen molar-refractivity contribution in [2.24, 2.45) is 0 Å². The number of rotatable bonds is 7. The van der Waals surface area contributed by atoms with Gasteiger partial charge in [-0.3, -0.25) is 14.7 Å². The van der Waals surface area contributed by atoms with E-state index >= 15 is 0 Å². The van der Waals surface area contributed by atoms with Gasteiger partial charge in [-0.1, -0.05) is 36.4 Å². The van der Waals surface area contributed by atoms with Crippen molar-refractivity contribution >= 4 is 17.7 Å². The fourth-order valence-electron chi connectivity index (χ4n) is 5.12. The van der Waals surface area contributed by atoms with Crippen molar-refractivity contribution in [1.29, 1.82) is 0 Å². The number of amides is 2. The molecule has 9 nitrogen and oxygen atoms in total. The number of likely N-dealkylation sites (tertiary alicyclic amines) is 1. The number of nitrogens with zero attached hydrogens (tertiary/aromatic N) is 4. The smallest absolute Gasteiger partial charge is 0.407 e. The molecule has 1 atom stereocenters. The molecule has 4 aromatic rings. The van der Waals surface area contributed by atoms with Crippen LogP contribution in [0.2, 0.25) is 0 Å². The fourth-order valence-corrected chi connectivity index (χ4v) is 5.12. The summed E-state index contributed by atoms with van der Waals surface area (Å²) in [4.78, 5) is 36.7. The van der Waals surface area contributed by atoms with E-state index in [2.05, 4.69) is 31.6 Å². The standard InChI is InChI=1S/C33H38N6O3/c1-23-19-39(22-35-23)29-16-24(20-38-14-8-11-27(21-38)37-32(41)42-33(2,3)4)15-28(17-29)36-31(40)30-13-12-26(18-34-30)25-9-6-5-7-10-25/h5-7,9-10,12-13,15-19,22,27H,8,11,14,20-21H2,1-4H3,(H,36,40)(H,37,41)/t27-/m0/s1. The highest BCUT2D eigenvalue weighted by Gasteiger charge is 2.24. The molecule has 1 saturated heterocycles. The lowest BCUT2D eigenvalue weighted by molar-refractivity contribution is 0.0470. The topological polar surface area (TPSA) is 101 Å². The lowest BCUT2D eigenvalue weighted by Gasteiger charge is -2.33. The number of carbonyl (C=O) groups excluding carboxylic acids is 2. The first-order valence-corrected chi connectivity index (χ1v) is 14.3. The fraction of sp³-hybridized carbons (Fsp3) is 0.333. The first-order chi connectivity index (χ1) is 20.1. The zero-order valence-electron chi connectivity index (χ0n) is 24.6. The predicted molar refractivity (Wildman–Crippen MR) is 164 cm³/mol. The molecule has 42 heavy (non-hydrogen) atoms. The van der Waals surface area contributed by atoms with Crippen LogP contribution in [0.4, 0.5) is 10.5 Å². The third kappa shape index (κ3) is 7.82. The third-order valence-corrected chi connectivity index (χ3v) is 6.98. The Kier molecular flexibility index (Phi) is 8.68. The van der Waals surface area contributed by atoms with Gasteiger partial charge in [0.1, 0.15) is 11.3 Å². The molecule has 2 N–H and O–H groups in total. The minimum atomic E-state index is -0.537. The molecule has 2 aromatic carbocycles. The van der Waals surface area contributed by atoms with Crippen molar-refractivity contribution in [3.8, 4) is 16.8 Å². The number of anilines is 1. The third-order valence-electron chi connectivity index (χ3n) is 6.98. The van der Waals surface area contributed by atoms with Gasteiger partial charge in [-0.15, -0.1) is 0 Å². The van der Waals surface area contributed by atoms with Crippen molar-refractivity contribution < 1.29 is 14.3 Å². The summed E-state index contributed by atoms with van der Waals surface area (Å²) < 4.78 is 7.41. The van der Waals surface area contributed by atoms with Crippen LogP contribution in [0.25, 0.3) is 16.8 Å². The number of piperidine rings is 1. The summed E-state index contributed by atoms with van der Waals surface area (Å²) in [5.41, 5.74) is 5.32. The van der Waals surface area contributed by atoms with Crippen LogP contribution in [0.15, 0.2) is 79.4 Å². The van der Waals surface area contributed by atoms with Gasteiger partial charge in [-0.2, -0.15) is 0 Å². The number of alkyl carbamates (subject to hydrolysis) is 1. The van der Waals surface area contributed by atoms with Crippen molar-refractivity contribution in [2.45, 2.75) is 58.7 Å². The molecule has 1 aliphatic heterocycles. The Balaban J connectivity index is 1.31. The van der Waals surface area contributed by atoms with Gasteiger partial charge >= 0.3 is 6.09 Å². The van der Waals surface area contributed by atoms with Gasteiger partial charge in [0, 0.05) is 48.5 Å². The van der Waals surface area contributed by atoms with E-state index in [9.17, 15) is 9.59 Å². The van der Waals surface area contributed by atoms with E-state index in [1.807, 2.05) is 87.0 Å². The molecule has 0 radical (unpaired) electrons. The number of aromatic nitrogens is 3. The summed E-state index contributed by atoms with van der Waals surface area (Å²) in [7, 11) is 0. The second-order valence-electron chi connectivity index (χ2n) is 11.8. The number of pyridine rings is 1. The normalized spacial score (nSPS) is 15.7. The van der Waals surface area contributed by atoms with Gasteiger partial charge in [0.2, 0.25) is 0 Å². The summed E-state index contributed by atoms with van der Waals surface area (Å²) in [6.45, 7) is 9.83. The molecule has 2 amide bonds. The second-order valence-corrected chi connectivity index (χ2v) is 11.8. The Hall–Kier alpha value is -4.50. The lowest BCUT2D eigenvalue weighted by Crippen LogP contribution is -2.48. The largest absolute Gasteiger partial charge is 0.444 e. The second kappa shape index (κ2) is 12.6. The molecule has 1 aliphatic rings. The summed E-state index contributed by atoms with van der Waals surface area (Å²) in [5, 5.41) is 6.06. The Morgan fingerprint density at radius 2 is 1.83 bits per heavy atom. The van der Waals surface area contributed by atoms with Crippen molar-refractivity contribution in [2.75, 3.05) is 18.4 Å². The maximum Gasteiger partial charge on any atom is 0.407 e. The van der Waals surface area contributed by atoms with Gasteiger partial charge in [-0.05, 0) is 82.5 Å². The molecule has 0 aliphatic carbocycles. The minimum Gasteiger partial charge on any atom is -0.444 e. The summed E-state index contributed by atoms with van der Waals surface area (Å²) in [6, 6.07) is 19.6. The van der Waals surface area contributed by atoms with Crippen LogP contribution in [-0.2, 0) is 11.3 Å². The number of aryl methyl sites for hydroxylation is 1. The molecule has 0 saturated carbocycles. The Labute approximate surface area is 246 Å². The van der Waals surface area contributed by atoms with Crippen LogP contribution in [-0.4, -0.2) is 56.2 Å². The molecule has 0 spiro atoms. The highest BCUT2D eigenvalue weighted by atomic mass is 16.6. The van der Waals surface area contributed by atoms with E-state index in [4.69, 9.17) is 4.74 Å². The molecule has 0 bridgehead atoms. The van der Waals surface area contributed by atoms with Crippen molar-refractivity contribution in [3.63, 3.8) is 0 Å². The number of imidazole rings is 1. The van der Waals surface area contributed by atoms with Gasteiger partial charge in [0.05, 0.1) is 12.0 Å². The highest BCUT2D eigenvalue weighted by molar-refractivity contribution is 6.03. The van der Waals surface area contributed by atoms with Crippen LogP contribution in [0.3, 0.4) is 0 Å². The average molecular weight is 567 g/mol. The molecule has 0 unspecified atom stereocenters. The van der Waals surface area contributed by atoms with Crippen LogP contribution in [0.5, 0.6) is 0 Å². The van der Waals surface area contributed by atoms with Crippen molar-refractivity contribution in [3.05, 3.63) is 96.3 Å². The number of benzene rings is 2. The SMILES string of the molecule is Cc1cn(-c2cc(CN3CCC[C@H](NC(=O)OC(C)(C)C)C3)cc(NC(=O)c3ccc(-c4ccccc4)cn3)c2)cn1. The van der Waals surface area contributed by atoms with Gasteiger partial charge < -0.3 is 19.9 Å². The van der Waals surface area contributed by atoms with E-state index in [1.54, 1.807) is 18.6 Å². The number of carbonyl (C=O) groups is 2. The van der Waals surface area contributed by atoms with Gasteiger partial charge in [0.25, 0.3) is 5.91 Å². The quantitative estimate of drug-likeness (QED) is 0.285. The Morgan fingerprint density at radius 1 is 1.02 bits per heavy atom. The summed E-state index contributed by atoms with van der Waals surface area (Å²) in [6.07, 6.45) is 6.93. The zero-order chi connectivity index (χ0) is 29.7. The first-order valence-electron chi connectivity index (χ1n) is 14.3. The monoisotopic (exact) mass is 566 g/mol. The number of nitrogens with one attached hydrogen (secondary N) is 2. The van der Waals surface area contributed by atoms with E-state index in [0.29, 0.717) is 24.5 Å². The predicted octanol–water partition coefficient (Wildman–Crippen LogP) is 5.98. The van der Waals surface area contributed by atoms with E-state index in [-0.39, 0.29) is 18.0 Å². The summed E-state index contributed by atoms with van der Waals surface area (Å²) in [5.74, 6) is -0.279. The first kappa shape index (κ1) is 29.0. The molecule has 5 rings (SSSR count). The van der Waals surface area contributed by atoms with Crippen LogP contribution < -0.4 is 10.6 Å². The maximum absolute atomic E-state index is 13.2. The minimum absolute atomic E-state index is 0.0113. The molecular formula is C33H38N6O3. The van der Waals surface area contributed by atoms with Gasteiger partial charge in [-0.25, -0.2) is 9.78 Å². The number of hydrogen-bond donors (Lipinski definition) is 2. The molecule has 1 fully saturated rings. The molecule has 2 aromatic heterocycles. The number of hydrogen-bond acceptors (Lipinski definition) is 6. The molecular weight excluding hydrogens is 528 g/mol. The van der Waals surface area contributed by atoms with E-state index < -0.39 is 5.60 Å². The Bertz CT molecular complexity index is 1530. The van der Waals surface area contributed by atoms with Crippen LogP contribution >= 0.6 is 0 Å².